The highest BCUT2D eigenvalue weighted by Gasteiger charge is 2.28. The maximum Gasteiger partial charge on any atom is 0.242 e. The number of hydrogen-bond acceptors (Lipinski definition) is 4. The van der Waals surface area contributed by atoms with Gasteiger partial charge in [0.2, 0.25) is 10.0 Å². The number of nitrogens with two attached hydrogens (primary N) is 1. The fourth-order valence-corrected chi connectivity index (χ4v) is 4.47. The molecule has 0 spiro atoms. The van der Waals surface area contributed by atoms with Crippen molar-refractivity contribution < 1.29 is 13.2 Å². The van der Waals surface area contributed by atoms with Gasteiger partial charge in [-0.15, -0.1) is 0 Å². The predicted molar refractivity (Wildman–Crippen MR) is 83.1 cm³/mol. The van der Waals surface area contributed by atoms with E-state index in [1.54, 1.807) is 0 Å². The van der Waals surface area contributed by atoms with E-state index in [-0.39, 0.29) is 28.4 Å². The minimum atomic E-state index is -3.73. The average molecular weight is 353 g/mol. The molecule has 0 bridgehead atoms. The highest BCUT2D eigenvalue weighted by atomic mass is 35.5. The maximum absolute atomic E-state index is 12.5. The van der Waals surface area contributed by atoms with Gasteiger partial charge in [0, 0.05) is 30.1 Å². The van der Waals surface area contributed by atoms with Crippen LogP contribution in [0.1, 0.15) is 18.9 Å². The van der Waals surface area contributed by atoms with Crippen molar-refractivity contribution in [3.63, 3.8) is 0 Å². The van der Waals surface area contributed by atoms with E-state index in [4.69, 9.17) is 33.7 Å². The summed E-state index contributed by atoms with van der Waals surface area (Å²) in [4.78, 5) is -0.000202. The molecule has 0 amide bonds. The van der Waals surface area contributed by atoms with Crippen LogP contribution in [0.2, 0.25) is 10.0 Å². The summed E-state index contributed by atoms with van der Waals surface area (Å²) in [5, 5.41) is 0.443. The molecule has 3 N–H and O–H groups in total. The van der Waals surface area contributed by atoms with Crippen LogP contribution in [0.3, 0.4) is 0 Å². The van der Waals surface area contributed by atoms with Gasteiger partial charge in [0.25, 0.3) is 0 Å². The minimum Gasteiger partial charge on any atom is -0.381 e. The van der Waals surface area contributed by atoms with Crippen molar-refractivity contribution >= 4 is 33.2 Å². The molecule has 0 radical (unpaired) electrons. The molecule has 1 heterocycles. The molecule has 0 aliphatic carbocycles. The summed E-state index contributed by atoms with van der Waals surface area (Å²) in [7, 11) is -3.73. The van der Waals surface area contributed by atoms with Crippen LogP contribution < -0.4 is 10.5 Å². The molecule has 1 aromatic rings. The van der Waals surface area contributed by atoms with Crippen molar-refractivity contribution in [1.29, 1.82) is 0 Å². The molecule has 0 saturated carbocycles. The van der Waals surface area contributed by atoms with Crippen LogP contribution in [0.15, 0.2) is 17.0 Å². The SMILES string of the molecule is CC(NS(=O)(=O)c1cc(CN)c(Cl)cc1Cl)C1CCOC1. The fraction of sp³-hybridized carbons (Fsp3) is 0.538. The quantitative estimate of drug-likeness (QED) is 0.850. The Morgan fingerprint density at radius 1 is 1.43 bits per heavy atom. The zero-order chi connectivity index (χ0) is 15.6. The van der Waals surface area contributed by atoms with Crippen LogP contribution >= 0.6 is 23.2 Å². The van der Waals surface area contributed by atoms with Crippen molar-refractivity contribution in [3.8, 4) is 0 Å². The highest BCUT2D eigenvalue weighted by Crippen LogP contribution is 2.29. The van der Waals surface area contributed by atoms with Gasteiger partial charge in [-0.2, -0.15) is 0 Å². The molecular formula is C13H18Cl2N2O3S. The van der Waals surface area contributed by atoms with E-state index < -0.39 is 10.0 Å². The Kier molecular flexibility index (Phi) is 5.51. The number of nitrogens with one attached hydrogen (secondary N) is 1. The standard InChI is InChI=1S/C13H18Cl2N2O3S/c1-8(9-2-3-20-7-9)17-21(18,19)13-4-10(6-16)11(14)5-12(13)15/h4-5,8-9,17H,2-3,6-7,16H2,1H3. The van der Waals surface area contributed by atoms with Crippen molar-refractivity contribution in [2.75, 3.05) is 13.2 Å². The van der Waals surface area contributed by atoms with E-state index in [9.17, 15) is 8.42 Å². The molecule has 0 aromatic heterocycles. The smallest absolute Gasteiger partial charge is 0.242 e. The van der Waals surface area contributed by atoms with Crippen LogP contribution in [0, 0.1) is 5.92 Å². The largest absolute Gasteiger partial charge is 0.381 e. The molecule has 2 unspecified atom stereocenters. The van der Waals surface area contributed by atoms with Crippen molar-refractivity contribution in [2.45, 2.75) is 30.8 Å². The van der Waals surface area contributed by atoms with E-state index in [2.05, 4.69) is 4.72 Å². The first kappa shape index (κ1) is 17.0. The Labute approximate surface area is 134 Å². The lowest BCUT2D eigenvalue weighted by molar-refractivity contribution is 0.180. The number of sulfonamides is 1. The first-order valence-electron chi connectivity index (χ1n) is 6.63. The van der Waals surface area contributed by atoms with Gasteiger partial charge in [0.05, 0.1) is 11.6 Å². The van der Waals surface area contributed by atoms with Gasteiger partial charge in [0.1, 0.15) is 4.90 Å². The molecule has 2 rings (SSSR count). The van der Waals surface area contributed by atoms with Gasteiger partial charge in [-0.1, -0.05) is 23.2 Å². The van der Waals surface area contributed by atoms with Crippen molar-refractivity contribution in [2.24, 2.45) is 11.7 Å². The number of benzene rings is 1. The first-order valence-corrected chi connectivity index (χ1v) is 8.87. The second-order valence-electron chi connectivity index (χ2n) is 5.11. The molecule has 5 nitrogen and oxygen atoms in total. The topological polar surface area (TPSA) is 81.4 Å². The lowest BCUT2D eigenvalue weighted by Gasteiger charge is -2.20. The van der Waals surface area contributed by atoms with Gasteiger partial charge >= 0.3 is 0 Å². The molecule has 1 aliphatic heterocycles. The van der Waals surface area contributed by atoms with Gasteiger partial charge < -0.3 is 10.5 Å². The third kappa shape index (κ3) is 3.88. The summed E-state index contributed by atoms with van der Waals surface area (Å²) in [5.74, 6) is 0.167. The van der Waals surface area contributed by atoms with Gasteiger partial charge in [0.15, 0.2) is 0 Å². The number of hydrogen-bond donors (Lipinski definition) is 2. The van der Waals surface area contributed by atoms with Crippen LogP contribution in [-0.2, 0) is 21.3 Å². The summed E-state index contributed by atoms with van der Waals surface area (Å²) >= 11 is 12.0. The van der Waals surface area contributed by atoms with Gasteiger partial charge in [-0.25, -0.2) is 13.1 Å². The molecule has 1 aliphatic rings. The number of rotatable bonds is 5. The predicted octanol–water partition coefficient (Wildman–Crippen LogP) is 2.16. The second-order valence-corrected chi connectivity index (χ2v) is 7.61. The molecule has 21 heavy (non-hydrogen) atoms. The van der Waals surface area contributed by atoms with Crippen LogP contribution in [0.4, 0.5) is 0 Å². The van der Waals surface area contributed by atoms with Crippen molar-refractivity contribution in [3.05, 3.63) is 27.7 Å². The molecule has 1 aromatic carbocycles. The first-order chi connectivity index (χ1) is 9.85. The Hall–Kier alpha value is -0.370. The molecule has 1 fully saturated rings. The second kappa shape index (κ2) is 6.81. The normalized spacial score (nSPS) is 20.7. The van der Waals surface area contributed by atoms with Crippen molar-refractivity contribution in [1.82, 2.24) is 4.72 Å². The fourth-order valence-electron chi connectivity index (χ4n) is 2.29. The van der Waals surface area contributed by atoms with Crippen LogP contribution in [-0.4, -0.2) is 27.7 Å². The summed E-state index contributed by atoms with van der Waals surface area (Å²) in [5.41, 5.74) is 6.09. The lowest BCUT2D eigenvalue weighted by atomic mass is 10.0. The number of halogens is 2. The summed E-state index contributed by atoms with van der Waals surface area (Å²) in [6.45, 7) is 3.19. The van der Waals surface area contributed by atoms with Gasteiger partial charge in [-0.05, 0) is 31.0 Å². The zero-order valence-corrected chi connectivity index (χ0v) is 13.9. The average Bonchev–Trinajstić information content (AvgIpc) is 2.91. The van der Waals surface area contributed by atoms with E-state index in [0.717, 1.165) is 6.42 Å². The van der Waals surface area contributed by atoms with Gasteiger partial charge in [-0.3, -0.25) is 0 Å². The third-order valence-corrected chi connectivity index (χ3v) is 6.00. The molecule has 118 valence electrons. The Morgan fingerprint density at radius 2 is 2.14 bits per heavy atom. The van der Waals surface area contributed by atoms with E-state index in [0.29, 0.717) is 23.8 Å². The van der Waals surface area contributed by atoms with Crippen LogP contribution in [0.25, 0.3) is 0 Å². The van der Waals surface area contributed by atoms with E-state index in [1.165, 1.54) is 12.1 Å². The Bertz CT molecular complexity index is 616. The summed E-state index contributed by atoms with van der Waals surface area (Å²) < 4.78 is 32.9. The van der Waals surface area contributed by atoms with E-state index >= 15 is 0 Å². The minimum absolute atomic E-state index is 0.000202. The summed E-state index contributed by atoms with van der Waals surface area (Å²) in [6.07, 6.45) is 0.839. The Morgan fingerprint density at radius 3 is 2.71 bits per heavy atom. The monoisotopic (exact) mass is 352 g/mol. The molecule has 2 atom stereocenters. The zero-order valence-electron chi connectivity index (χ0n) is 11.6. The van der Waals surface area contributed by atoms with Crippen LogP contribution in [0.5, 0.6) is 0 Å². The third-order valence-electron chi connectivity index (χ3n) is 3.62. The Balaban J connectivity index is 2.26. The molecular weight excluding hydrogens is 335 g/mol. The summed E-state index contributed by atoms with van der Waals surface area (Å²) in [6, 6.07) is 2.60. The lowest BCUT2D eigenvalue weighted by Crippen LogP contribution is -2.38. The molecule has 1 saturated heterocycles. The highest BCUT2D eigenvalue weighted by molar-refractivity contribution is 7.89. The number of ether oxygens (including phenoxy) is 1. The van der Waals surface area contributed by atoms with E-state index in [1.807, 2.05) is 6.92 Å². The maximum atomic E-state index is 12.5. The molecule has 8 heteroatoms.